The van der Waals surface area contributed by atoms with Gasteiger partial charge in [0, 0.05) is 11.1 Å². The van der Waals surface area contributed by atoms with Gasteiger partial charge in [-0.15, -0.1) is 0 Å². The Balaban J connectivity index is 2.53. The van der Waals surface area contributed by atoms with Crippen molar-refractivity contribution in [1.82, 2.24) is 4.90 Å². The summed E-state index contributed by atoms with van der Waals surface area (Å²) in [6, 6.07) is 0. The fraction of sp³-hybridized carbons (Fsp3) is 1.00. The van der Waals surface area contributed by atoms with Gasteiger partial charge in [0.1, 0.15) is 0 Å². The third-order valence-electron chi connectivity index (χ3n) is 6.18. The maximum atomic E-state index is 2.57. The van der Waals surface area contributed by atoms with Crippen LogP contribution in [-0.4, -0.2) is 23.0 Å². The van der Waals surface area contributed by atoms with Gasteiger partial charge in [-0.3, -0.25) is 4.90 Å². The molecule has 1 aliphatic heterocycles. The molecule has 0 bridgehead atoms. The number of nitrogens with zero attached hydrogens (tertiary/aromatic N) is 1. The molecule has 2 fully saturated rings. The van der Waals surface area contributed by atoms with Crippen molar-refractivity contribution in [2.75, 3.05) is 7.05 Å². The highest BCUT2D eigenvalue weighted by atomic mass is 15.3. The number of fused-ring (bicyclic) bond motifs is 1. The van der Waals surface area contributed by atoms with E-state index in [4.69, 9.17) is 0 Å². The Bertz CT molecular complexity index is 224. The molecule has 2 aliphatic rings. The van der Waals surface area contributed by atoms with E-state index in [1.807, 2.05) is 0 Å². The van der Waals surface area contributed by atoms with Crippen LogP contribution >= 0.6 is 0 Å². The van der Waals surface area contributed by atoms with Crippen LogP contribution in [0, 0.1) is 10.8 Å². The molecule has 0 aromatic heterocycles. The minimum Gasteiger partial charge on any atom is -0.295 e. The van der Waals surface area contributed by atoms with E-state index in [0.717, 1.165) is 0 Å². The average molecular weight is 181 g/mol. The maximum absolute atomic E-state index is 2.57. The van der Waals surface area contributed by atoms with Gasteiger partial charge in [0.15, 0.2) is 0 Å². The average Bonchev–Trinajstić information content (AvgIpc) is 2.53. The summed E-state index contributed by atoms with van der Waals surface area (Å²) in [5.74, 6) is 0. The van der Waals surface area contributed by atoms with Gasteiger partial charge in [-0.25, -0.2) is 0 Å². The first kappa shape index (κ1) is 9.51. The van der Waals surface area contributed by atoms with Crippen molar-refractivity contribution in [3.05, 3.63) is 0 Å². The van der Waals surface area contributed by atoms with Crippen LogP contribution in [0.2, 0.25) is 0 Å². The Morgan fingerprint density at radius 1 is 0.769 bits per heavy atom. The van der Waals surface area contributed by atoms with E-state index in [9.17, 15) is 0 Å². The van der Waals surface area contributed by atoms with Gasteiger partial charge < -0.3 is 0 Å². The molecule has 2 unspecified atom stereocenters. The zero-order valence-corrected chi connectivity index (χ0v) is 10.2. The van der Waals surface area contributed by atoms with Crippen molar-refractivity contribution < 1.29 is 0 Å². The first-order chi connectivity index (χ1) is 5.61. The molecule has 1 heteroatoms. The fourth-order valence-electron chi connectivity index (χ4n) is 3.88. The highest BCUT2D eigenvalue weighted by molar-refractivity contribution is 5.32. The quantitative estimate of drug-likeness (QED) is 0.555. The van der Waals surface area contributed by atoms with Crippen molar-refractivity contribution >= 4 is 0 Å². The number of hydrogen-bond acceptors (Lipinski definition) is 1. The number of likely N-dealkylation sites (tertiary alicyclic amines) is 1. The molecule has 2 rings (SSSR count). The number of hydrogen-bond donors (Lipinski definition) is 0. The monoisotopic (exact) mass is 181 g/mol. The Kier molecular flexibility index (Phi) is 1.34. The van der Waals surface area contributed by atoms with Crippen LogP contribution in [0.25, 0.3) is 0 Å². The van der Waals surface area contributed by atoms with Crippen molar-refractivity contribution in [2.24, 2.45) is 10.8 Å². The van der Waals surface area contributed by atoms with E-state index in [2.05, 4.69) is 53.5 Å². The predicted octanol–water partition coefficient (Wildman–Crippen LogP) is 2.91. The van der Waals surface area contributed by atoms with Crippen molar-refractivity contribution in [1.29, 1.82) is 0 Å². The highest BCUT2D eigenvalue weighted by Gasteiger charge is 2.80. The molecule has 0 spiro atoms. The lowest BCUT2D eigenvalue weighted by atomic mass is 9.80. The summed E-state index contributed by atoms with van der Waals surface area (Å²) in [7, 11) is 2.28. The van der Waals surface area contributed by atoms with Gasteiger partial charge in [0.25, 0.3) is 0 Å². The van der Waals surface area contributed by atoms with Gasteiger partial charge in [-0.1, -0.05) is 13.8 Å². The van der Waals surface area contributed by atoms with Gasteiger partial charge >= 0.3 is 0 Å². The Labute approximate surface area is 82.5 Å². The molecule has 1 heterocycles. The molecule has 1 saturated heterocycles. The van der Waals surface area contributed by atoms with E-state index in [-0.39, 0.29) is 0 Å². The van der Waals surface area contributed by atoms with Crippen LogP contribution in [-0.2, 0) is 0 Å². The second-order valence-corrected chi connectivity index (χ2v) is 6.52. The smallest absolute Gasteiger partial charge is 0.0215 e. The standard InChI is InChI=1S/C12H23N/c1-9(2)11(5)8-12(11,6)10(3,4)13(9)7/h8H2,1-7H3. The second kappa shape index (κ2) is 1.84. The Morgan fingerprint density at radius 2 is 1.08 bits per heavy atom. The second-order valence-electron chi connectivity index (χ2n) is 6.52. The minimum atomic E-state index is 0.352. The SMILES string of the molecule is CN1C(C)(C)C2(C)CC2(C)C1(C)C. The molecule has 13 heavy (non-hydrogen) atoms. The van der Waals surface area contributed by atoms with E-state index in [1.165, 1.54) is 6.42 Å². The maximum Gasteiger partial charge on any atom is 0.0215 e. The topological polar surface area (TPSA) is 3.24 Å². The van der Waals surface area contributed by atoms with Gasteiger partial charge in [-0.05, 0) is 52.0 Å². The van der Waals surface area contributed by atoms with Gasteiger partial charge in [0.2, 0.25) is 0 Å². The van der Waals surface area contributed by atoms with Crippen molar-refractivity contribution in [3.8, 4) is 0 Å². The van der Waals surface area contributed by atoms with Crippen molar-refractivity contribution in [3.63, 3.8) is 0 Å². The lowest BCUT2D eigenvalue weighted by Crippen LogP contribution is -2.51. The normalized spacial score (nSPS) is 51.9. The largest absolute Gasteiger partial charge is 0.295 e. The van der Waals surface area contributed by atoms with Crippen LogP contribution in [0.3, 0.4) is 0 Å². The summed E-state index contributed by atoms with van der Waals surface area (Å²) in [5.41, 5.74) is 1.76. The summed E-state index contributed by atoms with van der Waals surface area (Å²) in [4.78, 5) is 2.57. The zero-order chi connectivity index (χ0) is 10.3. The molecule has 0 aromatic carbocycles. The molecule has 1 nitrogen and oxygen atoms in total. The van der Waals surface area contributed by atoms with Crippen LogP contribution in [0.15, 0.2) is 0 Å². The lowest BCUT2D eigenvalue weighted by molar-refractivity contribution is 0.0490. The number of piperidine rings is 1. The molecule has 0 radical (unpaired) electrons. The van der Waals surface area contributed by atoms with Crippen LogP contribution in [0.1, 0.15) is 48.0 Å². The fourth-order valence-corrected chi connectivity index (χ4v) is 3.88. The van der Waals surface area contributed by atoms with E-state index >= 15 is 0 Å². The third kappa shape index (κ3) is 0.643. The Morgan fingerprint density at radius 3 is 1.23 bits per heavy atom. The number of rotatable bonds is 0. The summed E-state index contributed by atoms with van der Waals surface area (Å²) < 4.78 is 0. The molecule has 0 aromatic rings. The minimum absolute atomic E-state index is 0.352. The van der Waals surface area contributed by atoms with Crippen LogP contribution in [0.4, 0.5) is 0 Å². The molecule has 0 amide bonds. The molecular formula is C12H23N. The Hall–Kier alpha value is -0.0400. The molecular weight excluding hydrogens is 158 g/mol. The summed E-state index contributed by atoms with van der Waals surface area (Å²) in [5, 5.41) is 0. The van der Waals surface area contributed by atoms with Gasteiger partial charge in [-0.2, -0.15) is 0 Å². The summed E-state index contributed by atoms with van der Waals surface area (Å²) in [6.45, 7) is 14.5. The van der Waals surface area contributed by atoms with Crippen LogP contribution in [0.5, 0.6) is 0 Å². The van der Waals surface area contributed by atoms with Gasteiger partial charge in [0.05, 0.1) is 0 Å². The third-order valence-corrected chi connectivity index (χ3v) is 6.18. The molecule has 1 saturated carbocycles. The lowest BCUT2D eigenvalue weighted by Gasteiger charge is -2.43. The van der Waals surface area contributed by atoms with Crippen molar-refractivity contribution in [2.45, 2.75) is 59.0 Å². The molecule has 0 N–H and O–H groups in total. The zero-order valence-electron chi connectivity index (χ0n) is 10.2. The molecule has 2 atom stereocenters. The van der Waals surface area contributed by atoms with E-state index in [0.29, 0.717) is 21.9 Å². The highest BCUT2D eigenvalue weighted by Crippen LogP contribution is 2.80. The summed E-state index contributed by atoms with van der Waals surface area (Å²) in [6.07, 6.45) is 1.39. The van der Waals surface area contributed by atoms with E-state index in [1.54, 1.807) is 0 Å². The predicted molar refractivity (Wildman–Crippen MR) is 56.8 cm³/mol. The first-order valence-corrected chi connectivity index (χ1v) is 5.35. The molecule has 1 aliphatic carbocycles. The molecule has 76 valence electrons. The van der Waals surface area contributed by atoms with Crippen LogP contribution < -0.4 is 0 Å². The summed E-state index contributed by atoms with van der Waals surface area (Å²) >= 11 is 0. The first-order valence-electron chi connectivity index (χ1n) is 5.35. The van der Waals surface area contributed by atoms with E-state index < -0.39 is 0 Å².